The standard InChI is InChI=1S/C17H30N2O/c1-6-17(7-2,20-8-3)16(19-18)12-15-10-9-13(4)14(5)11-15/h9-11,16,19H,6-8,12,18H2,1-5H3. The highest BCUT2D eigenvalue weighted by molar-refractivity contribution is 5.30. The lowest BCUT2D eigenvalue weighted by atomic mass is 9.84. The molecule has 0 saturated carbocycles. The van der Waals surface area contributed by atoms with E-state index in [1.54, 1.807) is 0 Å². The van der Waals surface area contributed by atoms with Crippen molar-refractivity contribution in [1.82, 2.24) is 5.43 Å². The maximum Gasteiger partial charge on any atom is 0.0846 e. The summed E-state index contributed by atoms with van der Waals surface area (Å²) in [6, 6.07) is 6.74. The second kappa shape index (κ2) is 7.77. The highest BCUT2D eigenvalue weighted by Gasteiger charge is 2.35. The quantitative estimate of drug-likeness (QED) is 0.567. The second-order valence-electron chi connectivity index (χ2n) is 5.55. The summed E-state index contributed by atoms with van der Waals surface area (Å²) in [5.74, 6) is 5.83. The Morgan fingerprint density at radius 2 is 1.80 bits per heavy atom. The van der Waals surface area contributed by atoms with Crippen molar-refractivity contribution in [3.05, 3.63) is 34.9 Å². The normalized spacial score (nSPS) is 13.5. The largest absolute Gasteiger partial charge is 0.374 e. The Morgan fingerprint density at radius 1 is 1.15 bits per heavy atom. The average Bonchev–Trinajstić information content (AvgIpc) is 2.46. The first kappa shape index (κ1) is 17.2. The molecule has 0 bridgehead atoms. The minimum absolute atomic E-state index is 0.125. The number of aryl methyl sites for hydroxylation is 2. The van der Waals surface area contributed by atoms with Crippen LogP contribution in [0, 0.1) is 13.8 Å². The highest BCUT2D eigenvalue weighted by Crippen LogP contribution is 2.27. The number of nitrogens with two attached hydrogens (primary N) is 1. The lowest BCUT2D eigenvalue weighted by molar-refractivity contribution is -0.0719. The fraction of sp³-hybridized carbons (Fsp3) is 0.647. The number of nitrogens with one attached hydrogen (secondary N) is 1. The van der Waals surface area contributed by atoms with Crippen molar-refractivity contribution < 1.29 is 4.74 Å². The number of hydrogen-bond donors (Lipinski definition) is 2. The first-order valence-electron chi connectivity index (χ1n) is 7.69. The lowest BCUT2D eigenvalue weighted by Crippen LogP contribution is -2.55. The van der Waals surface area contributed by atoms with Gasteiger partial charge in [0.2, 0.25) is 0 Å². The van der Waals surface area contributed by atoms with E-state index in [1.165, 1.54) is 16.7 Å². The minimum Gasteiger partial charge on any atom is -0.374 e. The molecule has 0 aliphatic rings. The molecule has 3 N–H and O–H groups in total. The molecule has 3 heteroatoms. The Labute approximate surface area is 123 Å². The Morgan fingerprint density at radius 3 is 2.25 bits per heavy atom. The van der Waals surface area contributed by atoms with Gasteiger partial charge in [-0.1, -0.05) is 32.0 Å². The van der Waals surface area contributed by atoms with Crippen molar-refractivity contribution in [1.29, 1.82) is 0 Å². The molecule has 1 rings (SSSR count). The molecule has 20 heavy (non-hydrogen) atoms. The summed E-state index contributed by atoms with van der Waals surface area (Å²) in [5, 5.41) is 0. The van der Waals surface area contributed by atoms with Crippen LogP contribution in [0.25, 0.3) is 0 Å². The first-order valence-corrected chi connectivity index (χ1v) is 7.69. The number of ether oxygens (including phenoxy) is 1. The van der Waals surface area contributed by atoms with Gasteiger partial charge >= 0.3 is 0 Å². The Bertz CT molecular complexity index is 413. The summed E-state index contributed by atoms with van der Waals surface area (Å²) in [4.78, 5) is 0. The Kier molecular flexibility index (Phi) is 6.66. The van der Waals surface area contributed by atoms with Crippen LogP contribution in [0.5, 0.6) is 0 Å². The van der Waals surface area contributed by atoms with Crippen molar-refractivity contribution in [3.63, 3.8) is 0 Å². The fourth-order valence-electron chi connectivity index (χ4n) is 2.90. The zero-order valence-electron chi connectivity index (χ0n) is 13.6. The van der Waals surface area contributed by atoms with Gasteiger partial charge in [-0.25, -0.2) is 0 Å². The van der Waals surface area contributed by atoms with E-state index in [9.17, 15) is 0 Å². The molecular weight excluding hydrogens is 248 g/mol. The molecule has 0 heterocycles. The van der Waals surface area contributed by atoms with Crippen molar-refractivity contribution in [2.75, 3.05) is 6.61 Å². The summed E-state index contributed by atoms with van der Waals surface area (Å²) in [6.45, 7) is 11.4. The molecule has 0 aliphatic heterocycles. The van der Waals surface area contributed by atoms with Gasteiger partial charge < -0.3 is 4.74 Å². The van der Waals surface area contributed by atoms with Crippen LogP contribution in [0.4, 0.5) is 0 Å². The van der Waals surface area contributed by atoms with Crippen LogP contribution in [0.1, 0.15) is 50.3 Å². The first-order chi connectivity index (χ1) is 9.52. The fourth-order valence-corrected chi connectivity index (χ4v) is 2.90. The maximum atomic E-state index is 6.06. The van der Waals surface area contributed by atoms with Crippen LogP contribution in [0.15, 0.2) is 18.2 Å². The van der Waals surface area contributed by atoms with Gasteiger partial charge in [0, 0.05) is 6.61 Å². The summed E-state index contributed by atoms with van der Waals surface area (Å²) in [6.07, 6.45) is 2.80. The molecule has 1 aromatic carbocycles. The smallest absolute Gasteiger partial charge is 0.0846 e. The Hall–Kier alpha value is -0.900. The molecule has 1 unspecified atom stereocenters. The van der Waals surface area contributed by atoms with E-state index >= 15 is 0 Å². The second-order valence-corrected chi connectivity index (χ2v) is 5.55. The van der Waals surface area contributed by atoms with E-state index in [2.05, 4.69) is 51.3 Å². The van der Waals surface area contributed by atoms with E-state index in [1.807, 2.05) is 6.92 Å². The van der Waals surface area contributed by atoms with E-state index in [0.29, 0.717) is 6.61 Å². The molecule has 114 valence electrons. The van der Waals surface area contributed by atoms with Gasteiger partial charge in [-0.05, 0) is 56.7 Å². The van der Waals surface area contributed by atoms with Crippen molar-refractivity contribution in [2.24, 2.45) is 5.84 Å². The van der Waals surface area contributed by atoms with Crippen molar-refractivity contribution >= 4 is 0 Å². The van der Waals surface area contributed by atoms with Gasteiger partial charge in [-0.2, -0.15) is 0 Å². The van der Waals surface area contributed by atoms with Gasteiger partial charge in [-0.15, -0.1) is 0 Å². The third-order valence-corrected chi connectivity index (χ3v) is 4.48. The van der Waals surface area contributed by atoms with Gasteiger partial charge in [0.25, 0.3) is 0 Å². The highest BCUT2D eigenvalue weighted by atomic mass is 16.5. The summed E-state index contributed by atoms with van der Waals surface area (Å²) >= 11 is 0. The molecule has 1 atom stereocenters. The molecule has 0 saturated heterocycles. The number of hydrazine groups is 1. The zero-order chi connectivity index (χ0) is 15.2. The van der Waals surface area contributed by atoms with E-state index < -0.39 is 0 Å². The van der Waals surface area contributed by atoms with Crippen LogP contribution in [0.3, 0.4) is 0 Å². The van der Waals surface area contributed by atoms with Crippen LogP contribution in [-0.2, 0) is 11.2 Å². The molecule has 0 aliphatic carbocycles. The molecule has 3 nitrogen and oxygen atoms in total. The average molecular weight is 278 g/mol. The van der Waals surface area contributed by atoms with E-state index in [0.717, 1.165) is 19.3 Å². The number of hydrogen-bond acceptors (Lipinski definition) is 3. The molecule has 0 radical (unpaired) electrons. The third kappa shape index (κ3) is 3.81. The lowest BCUT2D eigenvalue weighted by Gasteiger charge is -2.39. The monoisotopic (exact) mass is 278 g/mol. The van der Waals surface area contributed by atoms with Crippen LogP contribution < -0.4 is 11.3 Å². The molecular formula is C17H30N2O. The van der Waals surface area contributed by atoms with Crippen LogP contribution in [0.2, 0.25) is 0 Å². The summed E-state index contributed by atoms with van der Waals surface area (Å²) in [5.41, 5.74) is 6.76. The molecule has 0 aromatic heterocycles. The van der Waals surface area contributed by atoms with Gasteiger partial charge in [0.1, 0.15) is 0 Å². The Balaban J connectivity index is 2.96. The molecule has 0 spiro atoms. The van der Waals surface area contributed by atoms with Crippen LogP contribution >= 0.6 is 0 Å². The SMILES string of the molecule is CCOC(CC)(CC)C(Cc1ccc(C)c(C)c1)NN. The van der Waals surface area contributed by atoms with Gasteiger partial charge in [0.05, 0.1) is 11.6 Å². The predicted molar refractivity (Wildman–Crippen MR) is 85.7 cm³/mol. The number of benzene rings is 1. The zero-order valence-corrected chi connectivity index (χ0v) is 13.6. The topological polar surface area (TPSA) is 47.3 Å². The predicted octanol–water partition coefficient (Wildman–Crippen LogP) is 3.27. The number of rotatable bonds is 8. The van der Waals surface area contributed by atoms with Gasteiger partial charge in [0.15, 0.2) is 0 Å². The van der Waals surface area contributed by atoms with Crippen molar-refractivity contribution in [2.45, 2.75) is 65.5 Å². The maximum absolute atomic E-state index is 6.06. The minimum atomic E-state index is -0.192. The molecule has 0 amide bonds. The van der Waals surface area contributed by atoms with Gasteiger partial charge in [-0.3, -0.25) is 11.3 Å². The molecule has 0 fully saturated rings. The molecule has 1 aromatic rings. The third-order valence-electron chi connectivity index (χ3n) is 4.48. The van der Waals surface area contributed by atoms with E-state index in [-0.39, 0.29) is 11.6 Å². The van der Waals surface area contributed by atoms with E-state index in [4.69, 9.17) is 10.6 Å². The summed E-state index contributed by atoms with van der Waals surface area (Å²) < 4.78 is 6.06. The van der Waals surface area contributed by atoms with Crippen molar-refractivity contribution in [3.8, 4) is 0 Å². The summed E-state index contributed by atoms with van der Waals surface area (Å²) in [7, 11) is 0. The van der Waals surface area contributed by atoms with Crippen LogP contribution in [-0.4, -0.2) is 18.2 Å².